The summed E-state index contributed by atoms with van der Waals surface area (Å²) in [5.41, 5.74) is -0.231. The van der Waals surface area contributed by atoms with Crippen LogP contribution in [-0.4, -0.2) is 24.0 Å². The van der Waals surface area contributed by atoms with Crippen LogP contribution in [0.25, 0.3) is 0 Å². The highest BCUT2D eigenvalue weighted by molar-refractivity contribution is 6.30. The number of nitro benzene ring substituents is 1. The number of likely N-dealkylation sites (N-methyl/N-ethyl adjacent to an activating group) is 1. The van der Waals surface area contributed by atoms with E-state index in [0.717, 1.165) is 0 Å². The number of carbonyl (C=O) groups excluding carboxylic acids is 1. The summed E-state index contributed by atoms with van der Waals surface area (Å²) in [5, 5.41) is 13.4. The van der Waals surface area contributed by atoms with Gasteiger partial charge < -0.3 is 10.1 Å². The van der Waals surface area contributed by atoms with Crippen LogP contribution in [-0.2, 0) is 4.79 Å². The molecule has 1 rings (SSSR count). The predicted molar refractivity (Wildman–Crippen MR) is 62.3 cm³/mol. The third kappa shape index (κ3) is 3.32. The lowest BCUT2D eigenvalue weighted by molar-refractivity contribution is -0.386. The van der Waals surface area contributed by atoms with Crippen LogP contribution in [0.4, 0.5) is 5.69 Å². The average Bonchev–Trinajstić information content (AvgIpc) is 2.27. The van der Waals surface area contributed by atoms with E-state index in [0.29, 0.717) is 5.02 Å². The summed E-state index contributed by atoms with van der Waals surface area (Å²) in [4.78, 5) is 21.4. The van der Waals surface area contributed by atoms with Crippen LogP contribution in [0, 0.1) is 10.1 Å². The SMILES string of the molecule is CNC(=O)C(C)Oc1cc(Cl)ccc1[N+](=O)[O-]. The van der Waals surface area contributed by atoms with Gasteiger partial charge in [0.2, 0.25) is 0 Å². The zero-order valence-corrected chi connectivity index (χ0v) is 10.0. The molecule has 1 unspecified atom stereocenters. The van der Waals surface area contributed by atoms with E-state index in [9.17, 15) is 14.9 Å². The molecule has 0 saturated carbocycles. The van der Waals surface area contributed by atoms with Crippen molar-refractivity contribution in [3.05, 3.63) is 33.3 Å². The third-order valence-corrected chi connectivity index (χ3v) is 2.27. The summed E-state index contributed by atoms with van der Waals surface area (Å²) in [6, 6.07) is 3.92. The Kier molecular flexibility index (Phi) is 4.28. The second-order valence-electron chi connectivity index (χ2n) is 3.24. The van der Waals surface area contributed by atoms with Crippen molar-refractivity contribution in [1.82, 2.24) is 5.32 Å². The maximum atomic E-state index is 11.2. The largest absolute Gasteiger partial charge is 0.474 e. The van der Waals surface area contributed by atoms with Crippen molar-refractivity contribution in [1.29, 1.82) is 0 Å². The van der Waals surface area contributed by atoms with E-state index < -0.39 is 11.0 Å². The number of rotatable bonds is 4. The fourth-order valence-electron chi connectivity index (χ4n) is 1.18. The van der Waals surface area contributed by atoms with E-state index in [2.05, 4.69) is 5.32 Å². The number of nitro groups is 1. The highest BCUT2D eigenvalue weighted by Gasteiger charge is 2.20. The Morgan fingerprint density at radius 2 is 2.24 bits per heavy atom. The summed E-state index contributed by atoms with van der Waals surface area (Å²) >= 11 is 5.72. The molecule has 0 bridgehead atoms. The number of halogens is 1. The number of amides is 1. The second-order valence-corrected chi connectivity index (χ2v) is 3.68. The Balaban J connectivity index is 3.00. The highest BCUT2D eigenvalue weighted by Crippen LogP contribution is 2.30. The molecule has 0 spiro atoms. The molecule has 1 atom stereocenters. The first-order chi connectivity index (χ1) is 7.95. The van der Waals surface area contributed by atoms with Gasteiger partial charge in [-0.3, -0.25) is 14.9 Å². The van der Waals surface area contributed by atoms with Crippen molar-refractivity contribution in [2.45, 2.75) is 13.0 Å². The summed E-state index contributed by atoms with van der Waals surface area (Å²) < 4.78 is 5.20. The monoisotopic (exact) mass is 258 g/mol. The van der Waals surface area contributed by atoms with Crippen LogP contribution >= 0.6 is 11.6 Å². The van der Waals surface area contributed by atoms with Crippen LogP contribution in [0.15, 0.2) is 18.2 Å². The molecule has 0 radical (unpaired) electrons. The first-order valence-electron chi connectivity index (χ1n) is 4.78. The highest BCUT2D eigenvalue weighted by atomic mass is 35.5. The molecule has 1 amide bonds. The molecule has 0 aliphatic carbocycles. The number of nitrogens with one attached hydrogen (secondary N) is 1. The van der Waals surface area contributed by atoms with E-state index in [4.69, 9.17) is 16.3 Å². The van der Waals surface area contributed by atoms with Gasteiger partial charge in [-0.05, 0) is 13.0 Å². The van der Waals surface area contributed by atoms with Crippen molar-refractivity contribution in [3.63, 3.8) is 0 Å². The Labute approximate surface area is 103 Å². The number of hydrogen-bond donors (Lipinski definition) is 1. The lowest BCUT2D eigenvalue weighted by atomic mass is 10.3. The molecule has 0 aliphatic heterocycles. The average molecular weight is 259 g/mol. The molecule has 0 aliphatic rings. The third-order valence-electron chi connectivity index (χ3n) is 2.04. The van der Waals surface area contributed by atoms with E-state index in [1.807, 2.05) is 0 Å². The van der Waals surface area contributed by atoms with Crippen LogP contribution < -0.4 is 10.1 Å². The maximum Gasteiger partial charge on any atom is 0.311 e. The summed E-state index contributed by atoms with van der Waals surface area (Å²) in [7, 11) is 1.45. The Morgan fingerprint density at radius 1 is 1.59 bits per heavy atom. The molecule has 1 N–H and O–H groups in total. The van der Waals surface area contributed by atoms with Gasteiger partial charge in [0.25, 0.3) is 5.91 Å². The molecule has 6 nitrogen and oxygen atoms in total. The molecule has 0 aromatic heterocycles. The van der Waals surface area contributed by atoms with Gasteiger partial charge in [0.1, 0.15) is 0 Å². The topological polar surface area (TPSA) is 81.5 Å². The van der Waals surface area contributed by atoms with Gasteiger partial charge in [-0.1, -0.05) is 11.6 Å². The molecule has 0 fully saturated rings. The van der Waals surface area contributed by atoms with Crippen LogP contribution in [0.2, 0.25) is 5.02 Å². The van der Waals surface area contributed by atoms with Gasteiger partial charge >= 0.3 is 5.69 Å². The fraction of sp³-hybridized carbons (Fsp3) is 0.300. The summed E-state index contributed by atoms with van der Waals surface area (Å²) in [6.07, 6.45) is -0.836. The van der Waals surface area contributed by atoms with Crippen molar-refractivity contribution >= 4 is 23.2 Å². The fourth-order valence-corrected chi connectivity index (χ4v) is 1.34. The van der Waals surface area contributed by atoms with E-state index >= 15 is 0 Å². The van der Waals surface area contributed by atoms with Gasteiger partial charge in [0, 0.05) is 24.2 Å². The molecule has 17 heavy (non-hydrogen) atoms. The van der Waals surface area contributed by atoms with Crippen molar-refractivity contribution in [3.8, 4) is 5.75 Å². The van der Waals surface area contributed by atoms with Crippen molar-refractivity contribution < 1.29 is 14.5 Å². The first kappa shape index (κ1) is 13.2. The molecular weight excluding hydrogens is 248 g/mol. The second kappa shape index (κ2) is 5.49. The quantitative estimate of drug-likeness (QED) is 0.659. The van der Waals surface area contributed by atoms with E-state index in [1.54, 1.807) is 0 Å². The lowest BCUT2D eigenvalue weighted by Gasteiger charge is -2.13. The lowest BCUT2D eigenvalue weighted by Crippen LogP contribution is -2.33. The number of ether oxygens (including phenoxy) is 1. The molecular formula is C10H11ClN2O4. The number of nitrogens with zero attached hydrogens (tertiary/aromatic N) is 1. The van der Waals surface area contributed by atoms with Gasteiger partial charge in [-0.2, -0.15) is 0 Å². The molecule has 0 heterocycles. The predicted octanol–water partition coefficient (Wildman–Crippen LogP) is 1.76. The minimum atomic E-state index is -0.836. The van der Waals surface area contributed by atoms with Crippen LogP contribution in [0.3, 0.4) is 0 Å². The van der Waals surface area contributed by atoms with E-state index in [1.165, 1.54) is 32.2 Å². The zero-order chi connectivity index (χ0) is 13.0. The van der Waals surface area contributed by atoms with Crippen LogP contribution in [0.1, 0.15) is 6.92 Å². The molecule has 1 aromatic carbocycles. The first-order valence-corrected chi connectivity index (χ1v) is 5.15. The summed E-state index contributed by atoms with van der Waals surface area (Å²) in [6.45, 7) is 1.49. The van der Waals surface area contributed by atoms with Crippen LogP contribution in [0.5, 0.6) is 5.75 Å². The van der Waals surface area contributed by atoms with E-state index in [-0.39, 0.29) is 17.3 Å². The summed E-state index contributed by atoms with van der Waals surface area (Å²) in [5.74, 6) is -0.405. The standard InChI is InChI=1S/C10H11ClN2O4/c1-6(10(14)12-2)17-9-5-7(11)3-4-8(9)13(15)16/h3-6H,1-2H3,(H,12,14). The Bertz CT molecular complexity index is 450. The number of carbonyl (C=O) groups is 1. The minimum absolute atomic E-state index is 0.0291. The normalized spacial score (nSPS) is 11.7. The molecule has 7 heteroatoms. The minimum Gasteiger partial charge on any atom is -0.474 e. The Hall–Kier alpha value is -1.82. The van der Waals surface area contributed by atoms with Gasteiger partial charge in [0.15, 0.2) is 11.9 Å². The van der Waals surface area contributed by atoms with Crippen molar-refractivity contribution in [2.24, 2.45) is 0 Å². The maximum absolute atomic E-state index is 11.2. The molecule has 0 saturated heterocycles. The van der Waals surface area contributed by atoms with Gasteiger partial charge in [0.05, 0.1) is 4.92 Å². The molecule has 1 aromatic rings. The van der Waals surface area contributed by atoms with Gasteiger partial charge in [-0.25, -0.2) is 0 Å². The van der Waals surface area contributed by atoms with Gasteiger partial charge in [-0.15, -0.1) is 0 Å². The smallest absolute Gasteiger partial charge is 0.311 e. The zero-order valence-electron chi connectivity index (χ0n) is 9.27. The Morgan fingerprint density at radius 3 is 2.76 bits per heavy atom. The number of benzene rings is 1. The van der Waals surface area contributed by atoms with Crippen molar-refractivity contribution in [2.75, 3.05) is 7.05 Å². The number of hydrogen-bond acceptors (Lipinski definition) is 4. The molecule has 92 valence electrons.